The second kappa shape index (κ2) is 5.39. The standard InChI is InChI=1S/C9H15N3O2/c1-7(2)11-9-10-4-3-8(12-9)14-6-5-13/h3-4,7,13H,5-6H2,1-2H3,(H,10,11,12). The Kier molecular flexibility index (Phi) is 4.12. The zero-order valence-electron chi connectivity index (χ0n) is 8.40. The van der Waals surface area contributed by atoms with Crippen LogP contribution in [-0.2, 0) is 0 Å². The van der Waals surface area contributed by atoms with E-state index in [4.69, 9.17) is 9.84 Å². The maximum Gasteiger partial charge on any atom is 0.226 e. The number of hydrogen-bond acceptors (Lipinski definition) is 5. The molecule has 1 aromatic heterocycles. The quantitative estimate of drug-likeness (QED) is 0.726. The molecular formula is C9H15N3O2. The van der Waals surface area contributed by atoms with Gasteiger partial charge in [0.05, 0.1) is 6.61 Å². The van der Waals surface area contributed by atoms with Crippen LogP contribution in [0.15, 0.2) is 12.3 Å². The molecule has 0 aromatic carbocycles. The smallest absolute Gasteiger partial charge is 0.226 e. The third-order valence-corrected chi connectivity index (χ3v) is 1.39. The van der Waals surface area contributed by atoms with Gasteiger partial charge in [0.2, 0.25) is 11.8 Å². The number of nitrogens with zero attached hydrogens (tertiary/aromatic N) is 2. The molecular weight excluding hydrogens is 182 g/mol. The fraction of sp³-hybridized carbons (Fsp3) is 0.556. The minimum atomic E-state index is -0.0169. The Morgan fingerprint density at radius 3 is 3.00 bits per heavy atom. The molecule has 0 spiro atoms. The van der Waals surface area contributed by atoms with Crippen LogP contribution in [-0.4, -0.2) is 34.3 Å². The molecule has 0 radical (unpaired) electrons. The van der Waals surface area contributed by atoms with Gasteiger partial charge >= 0.3 is 0 Å². The second-order valence-corrected chi connectivity index (χ2v) is 3.09. The molecule has 78 valence electrons. The van der Waals surface area contributed by atoms with Crippen LogP contribution in [0.4, 0.5) is 5.95 Å². The molecule has 0 saturated heterocycles. The minimum Gasteiger partial charge on any atom is -0.475 e. The first-order chi connectivity index (χ1) is 6.72. The number of ether oxygens (including phenoxy) is 1. The molecule has 0 fully saturated rings. The van der Waals surface area contributed by atoms with Crippen molar-refractivity contribution >= 4 is 5.95 Å². The fourth-order valence-electron chi connectivity index (χ4n) is 0.900. The average molecular weight is 197 g/mol. The number of aromatic nitrogens is 2. The Hall–Kier alpha value is -1.36. The monoisotopic (exact) mass is 197 g/mol. The molecule has 0 bridgehead atoms. The van der Waals surface area contributed by atoms with E-state index in [1.54, 1.807) is 12.3 Å². The van der Waals surface area contributed by atoms with Crippen molar-refractivity contribution in [2.24, 2.45) is 0 Å². The third-order valence-electron chi connectivity index (χ3n) is 1.39. The van der Waals surface area contributed by atoms with Crippen molar-refractivity contribution in [1.82, 2.24) is 9.97 Å². The molecule has 1 heterocycles. The normalized spacial score (nSPS) is 10.3. The largest absolute Gasteiger partial charge is 0.475 e. The van der Waals surface area contributed by atoms with Gasteiger partial charge in [0.1, 0.15) is 6.61 Å². The van der Waals surface area contributed by atoms with Crippen LogP contribution >= 0.6 is 0 Å². The van der Waals surface area contributed by atoms with E-state index >= 15 is 0 Å². The van der Waals surface area contributed by atoms with Crippen LogP contribution in [0, 0.1) is 0 Å². The highest BCUT2D eigenvalue weighted by Crippen LogP contribution is 2.08. The lowest BCUT2D eigenvalue weighted by molar-refractivity contribution is 0.196. The molecule has 0 aliphatic rings. The van der Waals surface area contributed by atoms with Crippen LogP contribution in [0.1, 0.15) is 13.8 Å². The maximum atomic E-state index is 8.56. The molecule has 14 heavy (non-hydrogen) atoms. The molecule has 0 unspecified atom stereocenters. The summed E-state index contributed by atoms with van der Waals surface area (Å²) >= 11 is 0. The maximum absolute atomic E-state index is 8.56. The summed E-state index contributed by atoms with van der Waals surface area (Å²) in [6, 6.07) is 1.93. The van der Waals surface area contributed by atoms with E-state index in [-0.39, 0.29) is 19.3 Å². The van der Waals surface area contributed by atoms with E-state index in [2.05, 4.69) is 15.3 Å². The molecule has 5 nitrogen and oxygen atoms in total. The molecule has 2 N–H and O–H groups in total. The zero-order valence-corrected chi connectivity index (χ0v) is 8.40. The van der Waals surface area contributed by atoms with E-state index < -0.39 is 0 Å². The van der Waals surface area contributed by atoms with Crippen molar-refractivity contribution in [2.75, 3.05) is 18.5 Å². The molecule has 0 aliphatic carbocycles. The van der Waals surface area contributed by atoms with Crippen molar-refractivity contribution in [3.05, 3.63) is 12.3 Å². The lowest BCUT2D eigenvalue weighted by Gasteiger charge is -2.08. The van der Waals surface area contributed by atoms with Crippen LogP contribution in [0.2, 0.25) is 0 Å². The predicted molar refractivity (Wildman–Crippen MR) is 53.4 cm³/mol. The number of anilines is 1. The van der Waals surface area contributed by atoms with Gasteiger partial charge in [-0.2, -0.15) is 4.98 Å². The Bertz CT molecular complexity index is 279. The van der Waals surface area contributed by atoms with E-state index in [1.807, 2.05) is 13.8 Å². The average Bonchev–Trinajstić information content (AvgIpc) is 2.14. The summed E-state index contributed by atoms with van der Waals surface area (Å²) in [5, 5.41) is 11.6. The number of rotatable bonds is 5. The van der Waals surface area contributed by atoms with Gasteiger partial charge in [0.25, 0.3) is 0 Å². The molecule has 5 heteroatoms. The van der Waals surface area contributed by atoms with Crippen molar-refractivity contribution in [1.29, 1.82) is 0 Å². The fourth-order valence-corrected chi connectivity index (χ4v) is 0.900. The number of aliphatic hydroxyl groups is 1. The molecule has 0 aliphatic heterocycles. The van der Waals surface area contributed by atoms with E-state index in [0.717, 1.165) is 0 Å². The van der Waals surface area contributed by atoms with Crippen LogP contribution < -0.4 is 10.1 Å². The van der Waals surface area contributed by atoms with Crippen LogP contribution in [0.5, 0.6) is 5.88 Å². The highest BCUT2D eigenvalue weighted by molar-refractivity contribution is 5.28. The van der Waals surface area contributed by atoms with Gasteiger partial charge in [-0.25, -0.2) is 4.98 Å². The van der Waals surface area contributed by atoms with Gasteiger partial charge in [-0.3, -0.25) is 0 Å². The molecule has 1 rings (SSSR count). The van der Waals surface area contributed by atoms with E-state index in [1.165, 1.54) is 0 Å². The Labute approximate surface area is 83.2 Å². The molecule has 0 amide bonds. The Balaban J connectivity index is 2.59. The number of aliphatic hydroxyl groups excluding tert-OH is 1. The third kappa shape index (κ3) is 3.57. The van der Waals surface area contributed by atoms with Gasteiger partial charge in [-0.1, -0.05) is 0 Å². The summed E-state index contributed by atoms with van der Waals surface area (Å²) in [6.07, 6.45) is 1.62. The van der Waals surface area contributed by atoms with Crippen molar-refractivity contribution in [3.8, 4) is 5.88 Å². The topological polar surface area (TPSA) is 67.3 Å². The van der Waals surface area contributed by atoms with Gasteiger partial charge in [0.15, 0.2) is 0 Å². The highest BCUT2D eigenvalue weighted by atomic mass is 16.5. The Morgan fingerprint density at radius 2 is 2.36 bits per heavy atom. The number of nitrogens with one attached hydrogen (secondary N) is 1. The summed E-state index contributed by atoms with van der Waals surface area (Å²) in [4.78, 5) is 8.12. The second-order valence-electron chi connectivity index (χ2n) is 3.09. The van der Waals surface area contributed by atoms with Gasteiger partial charge < -0.3 is 15.2 Å². The van der Waals surface area contributed by atoms with Crippen molar-refractivity contribution < 1.29 is 9.84 Å². The summed E-state index contributed by atoms with van der Waals surface area (Å²) in [5.41, 5.74) is 0. The lowest BCUT2D eigenvalue weighted by atomic mass is 10.4. The Morgan fingerprint density at radius 1 is 1.57 bits per heavy atom. The molecule has 0 saturated carbocycles. The van der Waals surface area contributed by atoms with E-state index in [0.29, 0.717) is 11.8 Å². The lowest BCUT2D eigenvalue weighted by Crippen LogP contribution is -2.13. The SMILES string of the molecule is CC(C)Nc1nccc(OCCO)n1. The van der Waals surface area contributed by atoms with E-state index in [9.17, 15) is 0 Å². The first-order valence-corrected chi connectivity index (χ1v) is 4.55. The first kappa shape index (κ1) is 10.7. The molecule has 0 atom stereocenters. The highest BCUT2D eigenvalue weighted by Gasteiger charge is 2.00. The summed E-state index contributed by atoms with van der Waals surface area (Å²) in [5.74, 6) is 1.01. The number of hydrogen-bond donors (Lipinski definition) is 2. The molecule has 1 aromatic rings. The van der Waals surface area contributed by atoms with Gasteiger partial charge in [-0.05, 0) is 13.8 Å². The van der Waals surface area contributed by atoms with Crippen LogP contribution in [0.25, 0.3) is 0 Å². The predicted octanol–water partition coefficient (Wildman–Crippen LogP) is 0.668. The first-order valence-electron chi connectivity index (χ1n) is 4.55. The summed E-state index contributed by atoms with van der Waals surface area (Å²) in [7, 11) is 0. The minimum absolute atomic E-state index is 0.0169. The van der Waals surface area contributed by atoms with Crippen LogP contribution in [0.3, 0.4) is 0 Å². The zero-order chi connectivity index (χ0) is 10.4. The van der Waals surface area contributed by atoms with Crippen molar-refractivity contribution in [3.63, 3.8) is 0 Å². The summed E-state index contributed by atoms with van der Waals surface area (Å²) < 4.78 is 5.14. The van der Waals surface area contributed by atoms with Crippen molar-refractivity contribution in [2.45, 2.75) is 19.9 Å². The van der Waals surface area contributed by atoms with Gasteiger partial charge in [0, 0.05) is 18.3 Å². The van der Waals surface area contributed by atoms with Gasteiger partial charge in [-0.15, -0.1) is 0 Å². The summed E-state index contributed by atoms with van der Waals surface area (Å²) in [6.45, 7) is 4.24.